The van der Waals surface area contributed by atoms with Crippen molar-refractivity contribution in [1.82, 2.24) is 29.4 Å². The van der Waals surface area contributed by atoms with Gasteiger partial charge in [-0.05, 0) is 25.0 Å². The van der Waals surface area contributed by atoms with Gasteiger partial charge in [0.05, 0.1) is 10.8 Å². The number of hydrogen-bond acceptors (Lipinski definition) is 5. The molecule has 0 atom stereocenters. The van der Waals surface area contributed by atoms with E-state index >= 15 is 0 Å². The van der Waals surface area contributed by atoms with E-state index in [-0.39, 0.29) is 17.9 Å². The SMILES string of the molecule is CCCCNC(=O)NS(=O)(=O)CCc1c(C(F)(F)F)nn(C)c1-n1ccc2cc(Cl)cnc21. The highest BCUT2D eigenvalue weighted by molar-refractivity contribution is 7.90. The zero-order valence-corrected chi connectivity index (χ0v) is 19.4. The summed E-state index contributed by atoms with van der Waals surface area (Å²) in [6.07, 6.45) is -1.05. The lowest BCUT2D eigenvalue weighted by Gasteiger charge is -2.12. The Morgan fingerprint density at radius 3 is 2.70 bits per heavy atom. The minimum atomic E-state index is -4.82. The molecule has 14 heteroatoms. The third-order valence-corrected chi connectivity index (χ3v) is 6.23. The first kappa shape index (κ1) is 24.8. The third kappa shape index (κ3) is 5.77. The van der Waals surface area contributed by atoms with Gasteiger partial charge in [-0.2, -0.15) is 18.3 Å². The van der Waals surface area contributed by atoms with E-state index in [1.807, 2.05) is 11.6 Å². The van der Waals surface area contributed by atoms with Crippen molar-refractivity contribution >= 4 is 38.7 Å². The Morgan fingerprint density at radius 1 is 1.30 bits per heavy atom. The van der Waals surface area contributed by atoms with E-state index in [1.165, 1.54) is 24.0 Å². The predicted octanol–water partition coefficient (Wildman–Crippen LogP) is 3.40. The molecule has 0 saturated heterocycles. The Kier molecular flexibility index (Phi) is 7.22. The van der Waals surface area contributed by atoms with Gasteiger partial charge in [-0.1, -0.05) is 24.9 Å². The number of halogens is 4. The van der Waals surface area contributed by atoms with Crippen molar-refractivity contribution in [1.29, 1.82) is 0 Å². The lowest BCUT2D eigenvalue weighted by molar-refractivity contribution is -0.142. The van der Waals surface area contributed by atoms with Gasteiger partial charge in [0.15, 0.2) is 5.69 Å². The summed E-state index contributed by atoms with van der Waals surface area (Å²) in [7, 11) is -2.89. The zero-order valence-electron chi connectivity index (χ0n) is 17.8. The number of nitrogens with one attached hydrogen (secondary N) is 2. The number of pyridine rings is 1. The van der Waals surface area contributed by atoms with Crippen LogP contribution in [0.15, 0.2) is 24.5 Å². The van der Waals surface area contributed by atoms with Crippen LogP contribution in [0.2, 0.25) is 5.02 Å². The molecule has 0 aliphatic rings. The number of aryl methyl sites for hydroxylation is 1. The molecule has 9 nitrogen and oxygen atoms in total. The van der Waals surface area contributed by atoms with Crippen LogP contribution in [-0.4, -0.2) is 46.1 Å². The van der Waals surface area contributed by atoms with Gasteiger partial charge in [-0.15, -0.1) is 0 Å². The maximum atomic E-state index is 13.7. The van der Waals surface area contributed by atoms with E-state index < -0.39 is 40.1 Å². The molecule has 0 aliphatic carbocycles. The highest BCUT2D eigenvalue weighted by Gasteiger charge is 2.39. The molecular weight excluding hydrogens is 485 g/mol. The van der Waals surface area contributed by atoms with Gasteiger partial charge in [0.1, 0.15) is 11.5 Å². The molecule has 2 amide bonds. The van der Waals surface area contributed by atoms with Crippen LogP contribution >= 0.6 is 11.6 Å². The number of urea groups is 1. The molecule has 3 heterocycles. The summed E-state index contributed by atoms with van der Waals surface area (Å²) in [6, 6.07) is 2.30. The molecule has 0 aliphatic heterocycles. The molecule has 3 rings (SSSR count). The summed E-state index contributed by atoms with van der Waals surface area (Å²) in [5.74, 6) is -0.747. The van der Waals surface area contributed by atoms with Crippen LogP contribution in [-0.2, 0) is 29.7 Å². The Hall–Kier alpha value is -2.80. The second-order valence-electron chi connectivity index (χ2n) is 7.30. The fourth-order valence-corrected chi connectivity index (χ4v) is 4.43. The second-order valence-corrected chi connectivity index (χ2v) is 9.58. The van der Waals surface area contributed by atoms with Crippen molar-refractivity contribution in [3.05, 3.63) is 40.8 Å². The smallest absolute Gasteiger partial charge is 0.337 e. The lowest BCUT2D eigenvalue weighted by Crippen LogP contribution is -2.41. The first-order valence-electron chi connectivity index (χ1n) is 9.97. The maximum absolute atomic E-state index is 13.7. The van der Waals surface area contributed by atoms with Crippen LogP contribution in [0.1, 0.15) is 31.0 Å². The molecule has 3 aromatic heterocycles. The van der Waals surface area contributed by atoms with Crippen LogP contribution in [0.4, 0.5) is 18.0 Å². The van der Waals surface area contributed by atoms with Gasteiger partial charge < -0.3 is 5.32 Å². The van der Waals surface area contributed by atoms with Crippen molar-refractivity contribution in [3.63, 3.8) is 0 Å². The summed E-state index contributed by atoms with van der Waals surface area (Å²) in [4.78, 5) is 16.0. The Balaban J connectivity index is 1.95. The summed E-state index contributed by atoms with van der Waals surface area (Å²) in [5, 5.41) is 6.93. The van der Waals surface area contributed by atoms with Crippen LogP contribution in [0.3, 0.4) is 0 Å². The molecule has 33 heavy (non-hydrogen) atoms. The van der Waals surface area contributed by atoms with E-state index in [4.69, 9.17) is 11.6 Å². The number of aromatic nitrogens is 4. The standard InChI is InChI=1S/C19H22ClF3N6O3S/c1-3-4-7-24-18(30)27-33(31,32)9-6-14-15(19(21,22)23)26-28(2)17(14)29-8-5-12-10-13(20)11-25-16(12)29/h5,8,10-11H,3-4,6-7,9H2,1-2H3,(H2,24,27,30). The first-order valence-corrected chi connectivity index (χ1v) is 12.0. The van der Waals surface area contributed by atoms with Crippen molar-refractivity contribution in [2.24, 2.45) is 7.05 Å². The topological polar surface area (TPSA) is 111 Å². The average Bonchev–Trinajstić information content (AvgIpc) is 3.25. The van der Waals surface area contributed by atoms with Crippen LogP contribution in [0, 0.1) is 0 Å². The minimum Gasteiger partial charge on any atom is -0.337 e. The van der Waals surface area contributed by atoms with Gasteiger partial charge >= 0.3 is 12.2 Å². The molecule has 0 saturated carbocycles. The van der Waals surface area contributed by atoms with Crippen molar-refractivity contribution in [2.45, 2.75) is 32.4 Å². The largest absolute Gasteiger partial charge is 0.435 e. The molecule has 3 aromatic rings. The maximum Gasteiger partial charge on any atom is 0.435 e. The van der Waals surface area contributed by atoms with Gasteiger partial charge in [0, 0.05) is 36.9 Å². The fourth-order valence-electron chi connectivity index (χ4n) is 3.33. The van der Waals surface area contributed by atoms with Crippen molar-refractivity contribution in [3.8, 4) is 5.82 Å². The van der Waals surface area contributed by atoms with Crippen molar-refractivity contribution in [2.75, 3.05) is 12.3 Å². The molecule has 0 radical (unpaired) electrons. The Morgan fingerprint density at radius 2 is 2.03 bits per heavy atom. The summed E-state index contributed by atoms with van der Waals surface area (Å²) in [6.45, 7) is 2.18. The third-order valence-electron chi connectivity index (χ3n) is 4.79. The van der Waals surface area contributed by atoms with E-state index in [1.54, 1.807) is 12.1 Å². The summed E-state index contributed by atoms with van der Waals surface area (Å²) >= 11 is 5.94. The number of fused-ring (bicyclic) bond motifs is 1. The van der Waals surface area contributed by atoms with E-state index in [2.05, 4.69) is 15.4 Å². The predicted molar refractivity (Wildman–Crippen MR) is 117 cm³/mol. The minimum absolute atomic E-state index is 0.00902. The number of rotatable bonds is 8. The van der Waals surface area contributed by atoms with Crippen LogP contribution in [0.5, 0.6) is 0 Å². The lowest BCUT2D eigenvalue weighted by atomic mass is 10.1. The van der Waals surface area contributed by atoms with Gasteiger partial charge in [-0.3, -0.25) is 9.25 Å². The number of unbranched alkanes of at least 4 members (excludes halogenated alkanes) is 1. The number of sulfonamides is 1. The van der Waals surface area contributed by atoms with Crippen LogP contribution in [0.25, 0.3) is 16.9 Å². The molecule has 0 fully saturated rings. The summed E-state index contributed by atoms with van der Waals surface area (Å²) < 4.78 is 70.0. The zero-order chi connectivity index (χ0) is 24.4. The summed E-state index contributed by atoms with van der Waals surface area (Å²) in [5.41, 5.74) is -1.22. The molecule has 0 spiro atoms. The van der Waals surface area contributed by atoms with Gasteiger partial charge in [0.2, 0.25) is 10.0 Å². The normalized spacial score (nSPS) is 12.3. The average molecular weight is 507 g/mol. The number of alkyl halides is 3. The molecule has 0 aromatic carbocycles. The molecular formula is C19H22ClF3N6O3S. The fraction of sp³-hybridized carbons (Fsp3) is 0.421. The van der Waals surface area contributed by atoms with Crippen molar-refractivity contribution < 1.29 is 26.4 Å². The van der Waals surface area contributed by atoms with E-state index in [0.29, 0.717) is 22.5 Å². The molecule has 0 bridgehead atoms. The molecule has 0 unspecified atom stereocenters. The number of amides is 2. The van der Waals surface area contributed by atoms with Crippen LogP contribution < -0.4 is 10.0 Å². The highest BCUT2D eigenvalue weighted by Crippen LogP contribution is 2.35. The molecule has 180 valence electrons. The quantitative estimate of drug-likeness (QED) is 0.455. The molecule has 2 N–H and O–H groups in total. The van der Waals surface area contributed by atoms with E-state index in [0.717, 1.165) is 11.1 Å². The monoisotopic (exact) mass is 506 g/mol. The highest BCUT2D eigenvalue weighted by atomic mass is 35.5. The van der Waals surface area contributed by atoms with E-state index in [9.17, 15) is 26.4 Å². The van der Waals surface area contributed by atoms with Gasteiger partial charge in [0.25, 0.3) is 0 Å². The van der Waals surface area contributed by atoms with Gasteiger partial charge in [-0.25, -0.2) is 22.9 Å². The Labute approximate surface area is 193 Å². The number of nitrogens with zero attached hydrogens (tertiary/aromatic N) is 4. The first-order chi connectivity index (χ1) is 15.4. The Bertz CT molecular complexity index is 1270. The number of carbonyl (C=O) groups excluding carboxylic acids is 1. The number of carbonyl (C=O) groups is 1. The second kappa shape index (κ2) is 9.59. The number of hydrogen-bond donors (Lipinski definition) is 2.